The first-order valence-corrected chi connectivity index (χ1v) is 5.16. The Balaban J connectivity index is 0.000000132. The quantitative estimate of drug-likeness (QED) is 0.736. The number of thiazole rings is 1. The third-order valence-electron chi connectivity index (χ3n) is 1.54. The number of rotatable bonds is 1. The summed E-state index contributed by atoms with van der Waals surface area (Å²) >= 11 is 6.55. The normalized spacial score (nSPS) is 14.6. The van der Waals surface area contributed by atoms with E-state index in [1.807, 2.05) is 6.92 Å². The lowest BCUT2D eigenvalue weighted by atomic mass is 10.5. The fraction of sp³-hybridized carbons (Fsp3) is 0.500. The molecule has 0 bridgehead atoms. The molecule has 0 aliphatic heterocycles. The lowest BCUT2D eigenvalue weighted by Gasteiger charge is -1.72. The lowest BCUT2D eigenvalue weighted by Crippen LogP contribution is -1.83. The molecule has 1 fully saturated rings. The topological polar surface area (TPSA) is 56.0 Å². The summed E-state index contributed by atoms with van der Waals surface area (Å²) in [5.74, 6) is 0.228. The van der Waals surface area contributed by atoms with Crippen molar-refractivity contribution >= 4 is 33.3 Å². The van der Waals surface area contributed by atoms with Crippen LogP contribution in [0.2, 0.25) is 0 Å². The molecule has 0 unspecified atom stereocenters. The Morgan fingerprint density at radius 1 is 1.77 bits per heavy atom. The van der Waals surface area contributed by atoms with Crippen LogP contribution in [0.25, 0.3) is 0 Å². The van der Waals surface area contributed by atoms with E-state index in [1.54, 1.807) is 6.20 Å². The fourth-order valence-electron chi connectivity index (χ4n) is 0.682. The van der Waals surface area contributed by atoms with Crippen LogP contribution in [0.15, 0.2) is 6.20 Å². The first-order chi connectivity index (χ1) is 6.09. The van der Waals surface area contributed by atoms with E-state index in [-0.39, 0.29) is 11.2 Å². The summed E-state index contributed by atoms with van der Waals surface area (Å²) in [7, 11) is 0. The zero-order valence-corrected chi connectivity index (χ0v) is 8.86. The van der Waals surface area contributed by atoms with Gasteiger partial charge >= 0.3 is 0 Å². The minimum Gasteiger partial charge on any atom is -0.375 e. The van der Waals surface area contributed by atoms with Gasteiger partial charge in [0.1, 0.15) is 0 Å². The Bertz CT molecular complexity index is 280. The van der Waals surface area contributed by atoms with Crippen LogP contribution in [-0.2, 0) is 4.79 Å². The van der Waals surface area contributed by atoms with Crippen LogP contribution in [-0.4, -0.2) is 10.2 Å². The molecular formula is C8H11ClN2OS. The minimum atomic E-state index is -0.157. The van der Waals surface area contributed by atoms with E-state index in [0.717, 1.165) is 17.7 Å². The van der Waals surface area contributed by atoms with E-state index in [1.165, 1.54) is 11.3 Å². The molecule has 72 valence electrons. The molecule has 0 aromatic carbocycles. The van der Waals surface area contributed by atoms with Gasteiger partial charge in [-0.3, -0.25) is 4.79 Å². The summed E-state index contributed by atoms with van der Waals surface area (Å²) in [6.45, 7) is 1.98. The first-order valence-electron chi connectivity index (χ1n) is 3.97. The maximum Gasteiger partial charge on any atom is 0.224 e. The summed E-state index contributed by atoms with van der Waals surface area (Å²) in [6, 6.07) is 0. The highest BCUT2D eigenvalue weighted by molar-refractivity contribution is 7.15. The first kappa shape index (κ1) is 10.5. The fourth-order valence-corrected chi connectivity index (χ4v) is 1.44. The smallest absolute Gasteiger partial charge is 0.224 e. The highest BCUT2D eigenvalue weighted by atomic mass is 35.5. The van der Waals surface area contributed by atoms with E-state index in [2.05, 4.69) is 4.98 Å². The number of nitrogen functional groups attached to an aromatic ring is 1. The number of nitrogens with zero attached hydrogens (tertiary/aromatic N) is 1. The van der Waals surface area contributed by atoms with E-state index < -0.39 is 0 Å². The predicted octanol–water partition coefficient (Wildman–Crippen LogP) is 2.20. The van der Waals surface area contributed by atoms with Crippen LogP contribution in [0.3, 0.4) is 0 Å². The molecule has 0 spiro atoms. The Labute approximate surface area is 85.9 Å². The highest BCUT2D eigenvalue weighted by Crippen LogP contribution is 2.30. The summed E-state index contributed by atoms with van der Waals surface area (Å²) in [4.78, 5) is 14.9. The summed E-state index contributed by atoms with van der Waals surface area (Å²) in [5, 5.41) is 0.493. The molecule has 1 aromatic heterocycles. The van der Waals surface area contributed by atoms with Crippen molar-refractivity contribution in [1.82, 2.24) is 4.98 Å². The lowest BCUT2D eigenvalue weighted by molar-refractivity contribution is -0.112. The number of carbonyl (C=O) groups is 1. The van der Waals surface area contributed by atoms with Crippen LogP contribution in [0, 0.1) is 12.8 Å². The van der Waals surface area contributed by atoms with Crippen LogP contribution < -0.4 is 5.73 Å². The van der Waals surface area contributed by atoms with E-state index >= 15 is 0 Å². The average molecular weight is 219 g/mol. The molecule has 1 saturated carbocycles. The Morgan fingerprint density at radius 3 is 2.46 bits per heavy atom. The molecule has 5 heteroatoms. The van der Waals surface area contributed by atoms with E-state index in [0.29, 0.717) is 5.13 Å². The molecule has 1 aliphatic carbocycles. The van der Waals surface area contributed by atoms with E-state index in [4.69, 9.17) is 17.3 Å². The number of aryl methyl sites for hydroxylation is 1. The van der Waals surface area contributed by atoms with Gasteiger partial charge in [0.15, 0.2) is 5.13 Å². The SMILES string of the molecule is Cc1cnc(N)s1.O=C(Cl)C1CC1. The van der Waals surface area contributed by atoms with Gasteiger partial charge < -0.3 is 5.73 Å². The second-order valence-corrected chi connectivity index (χ2v) is 4.53. The minimum absolute atomic E-state index is 0.157. The number of carbonyl (C=O) groups excluding carboxylic acids is 1. The van der Waals surface area contributed by atoms with Gasteiger partial charge in [0.05, 0.1) is 0 Å². The van der Waals surface area contributed by atoms with Gasteiger partial charge in [-0.05, 0) is 31.4 Å². The molecule has 0 amide bonds. The maximum atomic E-state index is 9.97. The molecule has 1 aromatic rings. The zero-order valence-electron chi connectivity index (χ0n) is 7.29. The van der Waals surface area contributed by atoms with Crippen LogP contribution in [0.5, 0.6) is 0 Å². The van der Waals surface area contributed by atoms with Gasteiger partial charge in [0.25, 0.3) is 0 Å². The molecule has 2 rings (SSSR count). The van der Waals surface area contributed by atoms with Gasteiger partial charge in [-0.25, -0.2) is 4.98 Å². The molecule has 0 atom stereocenters. The van der Waals surface area contributed by atoms with Gasteiger partial charge in [-0.15, -0.1) is 11.3 Å². The number of anilines is 1. The third kappa shape index (κ3) is 4.24. The summed E-state index contributed by atoms with van der Waals surface area (Å²) < 4.78 is 0. The van der Waals surface area contributed by atoms with Crippen molar-refractivity contribution in [1.29, 1.82) is 0 Å². The number of halogens is 1. The third-order valence-corrected chi connectivity index (χ3v) is 2.59. The maximum absolute atomic E-state index is 9.97. The molecule has 1 heterocycles. The Hall–Kier alpha value is -0.610. The summed E-state index contributed by atoms with van der Waals surface area (Å²) in [5.41, 5.74) is 5.29. The summed E-state index contributed by atoms with van der Waals surface area (Å²) in [6.07, 6.45) is 3.80. The van der Waals surface area contributed by atoms with Crippen molar-refractivity contribution in [2.24, 2.45) is 5.92 Å². The molecule has 0 radical (unpaired) electrons. The molecule has 1 aliphatic rings. The van der Waals surface area contributed by atoms with Crippen molar-refractivity contribution < 1.29 is 4.79 Å². The molecule has 13 heavy (non-hydrogen) atoms. The second kappa shape index (κ2) is 4.58. The molecular weight excluding hydrogens is 208 g/mol. The highest BCUT2D eigenvalue weighted by Gasteiger charge is 2.27. The van der Waals surface area contributed by atoms with E-state index in [9.17, 15) is 4.79 Å². The zero-order chi connectivity index (χ0) is 9.84. The van der Waals surface area contributed by atoms with Crippen molar-refractivity contribution in [3.8, 4) is 0 Å². The van der Waals surface area contributed by atoms with Crippen LogP contribution in [0.1, 0.15) is 17.7 Å². The van der Waals surface area contributed by atoms with Gasteiger partial charge in [-0.1, -0.05) is 0 Å². The van der Waals surface area contributed by atoms with Crippen molar-refractivity contribution in [3.05, 3.63) is 11.1 Å². The van der Waals surface area contributed by atoms with Gasteiger partial charge in [0.2, 0.25) is 5.24 Å². The standard InChI is InChI=1S/C4H5ClO.C4H6N2S/c5-4(6)3-1-2-3;1-3-2-6-4(5)7-3/h3H,1-2H2;2H,1H3,(H2,5,6). The van der Waals surface area contributed by atoms with Gasteiger partial charge in [-0.2, -0.15) is 0 Å². The van der Waals surface area contributed by atoms with Gasteiger partial charge in [0, 0.05) is 17.0 Å². The number of hydrogen-bond acceptors (Lipinski definition) is 4. The second-order valence-electron chi connectivity index (χ2n) is 2.89. The van der Waals surface area contributed by atoms with Crippen molar-refractivity contribution in [3.63, 3.8) is 0 Å². The monoisotopic (exact) mass is 218 g/mol. The number of hydrogen-bond donors (Lipinski definition) is 1. The molecule has 3 nitrogen and oxygen atoms in total. The predicted molar refractivity (Wildman–Crippen MR) is 54.8 cm³/mol. The average Bonchev–Trinajstić information content (AvgIpc) is 2.80. The van der Waals surface area contributed by atoms with Crippen molar-refractivity contribution in [2.75, 3.05) is 5.73 Å². The van der Waals surface area contributed by atoms with Crippen LogP contribution in [0.4, 0.5) is 5.13 Å². The Morgan fingerprint density at radius 2 is 2.38 bits per heavy atom. The van der Waals surface area contributed by atoms with Crippen molar-refractivity contribution in [2.45, 2.75) is 19.8 Å². The largest absolute Gasteiger partial charge is 0.375 e. The molecule has 2 N–H and O–H groups in total. The Kier molecular flexibility index (Phi) is 3.69. The number of nitrogens with two attached hydrogens (primary N) is 1. The number of aromatic nitrogens is 1. The molecule has 0 saturated heterocycles. The van der Waals surface area contributed by atoms with Crippen LogP contribution >= 0.6 is 22.9 Å².